The van der Waals surface area contributed by atoms with Crippen LogP contribution in [0.5, 0.6) is 5.75 Å². The third-order valence-electron chi connectivity index (χ3n) is 4.01. The molecule has 0 spiro atoms. The monoisotopic (exact) mass is 351 g/mol. The number of ether oxygens (including phenoxy) is 1. The highest BCUT2D eigenvalue weighted by atomic mass is 16.5. The molecule has 0 atom stereocenters. The lowest BCUT2D eigenvalue weighted by atomic mass is 10.2. The van der Waals surface area contributed by atoms with Crippen molar-refractivity contribution < 1.29 is 14.1 Å². The number of hydrogen-bond donors (Lipinski definition) is 0. The van der Waals surface area contributed by atoms with Crippen molar-refractivity contribution in [2.75, 3.05) is 13.2 Å². The normalized spacial score (nSPS) is 10.5. The molecule has 1 aromatic heterocycles. The van der Waals surface area contributed by atoms with Gasteiger partial charge in [0.2, 0.25) is 11.7 Å². The molecule has 6 nitrogen and oxygen atoms in total. The van der Waals surface area contributed by atoms with E-state index in [1.807, 2.05) is 68.4 Å². The number of likely N-dealkylation sites (N-methyl/N-ethyl adjacent to an activating group) is 1. The van der Waals surface area contributed by atoms with E-state index in [2.05, 4.69) is 10.1 Å². The predicted molar refractivity (Wildman–Crippen MR) is 97.5 cm³/mol. The van der Waals surface area contributed by atoms with E-state index in [-0.39, 0.29) is 19.1 Å². The maximum atomic E-state index is 12.5. The van der Waals surface area contributed by atoms with Gasteiger partial charge in [0.05, 0.1) is 0 Å². The fraction of sp³-hybridized carbons (Fsp3) is 0.250. The third-order valence-corrected chi connectivity index (χ3v) is 4.01. The Balaban J connectivity index is 1.61. The molecule has 0 N–H and O–H groups in total. The second kappa shape index (κ2) is 8.29. The predicted octanol–water partition coefficient (Wildman–Crippen LogP) is 3.47. The van der Waals surface area contributed by atoms with Crippen molar-refractivity contribution in [1.29, 1.82) is 0 Å². The van der Waals surface area contributed by atoms with E-state index < -0.39 is 0 Å². The van der Waals surface area contributed by atoms with Crippen LogP contribution in [0.15, 0.2) is 59.1 Å². The number of para-hydroxylation sites is 1. The molecule has 1 amide bonds. The highest BCUT2D eigenvalue weighted by Crippen LogP contribution is 2.17. The van der Waals surface area contributed by atoms with Crippen LogP contribution in [-0.4, -0.2) is 34.1 Å². The van der Waals surface area contributed by atoms with E-state index in [9.17, 15) is 4.79 Å². The zero-order valence-corrected chi connectivity index (χ0v) is 14.9. The first kappa shape index (κ1) is 17.7. The Hall–Kier alpha value is -3.15. The first-order valence-corrected chi connectivity index (χ1v) is 8.51. The van der Waals surface area contributed by atoms with E-state index in [1.54, 1.807) is 4.90 Å². The first-order valence-electron chi connectivity index (χ1n) is 8.51. The van der Waals surface area contributed by atoms with Crippen molar-refractivity contribution in [1.82, 2.24) is 15.0 Å². The summed E-state index contributed by atoms with van der Waals surface area (Å²) in [7, 11) is 0. The molecule has 0 unspecified atom stereocenters. The van der Waals surface area contributed by atoms with Crippen LogP contribution in [0.25, 0.3) is 11.4 Å². The number of aromatic nitrogens is 2. The Morgan fingerprint density at radius 3 is 2.58 bits per heavy atom. The fourth-order valence-corrected chi connectivity index (χ4v) is 2.51. The van der Waals surface area contributed by atoms with E-state index in [0.29, 0.717) is 24.0 Å². The molecule has 0 aliphatic heterocycles. The van der Waals surface area contributed by atoms with Gasteiger partial charge in [-0.1, -0.05) is 53.7 Å². The van der Waals surface area contributed by atoms with Crippen LogP contribution >= 0.6 is 0 Å². The minimum absolute atomic E-state index is 0.0294. The van der Waals surface area contributed by atoms with Crippen molar-refractivity contribution in [3.8, 4) is 17.1 Å². The van der Waals surface area contributed by atoms with Crippen LogP contribution in [0, 0.1) is 6.92 Å². The number of aryl methyl sites for hydroxylation is 1. The SMILES string of the molecule is CCN(Cc1nc(-c2ccccc2)no1)C(=O)COc1ccccc1C. The third kappa shape index (κ3) is 4.27. The molecular weight excluding hydrogens is 330 g/mol. The summed E-state index contributed by atoms with van der Waals surface area (Å²) in [5, 5.41) is 3.98. The smallest absolute Gasteiger partial charge is 0.260 e. The van der Waals surface area contributed by atoms with Crippen molar-refractivity contribution in [3.63, 3.8) is 0 Å². The Labute approximate surface area is 152 Å². The Bertz CT molecular complexity index is 862. The molecule has 0 aliphatic rings. The van der Waals surface area contributed by atoms with Crippen LogP contribution in [0.4, 0.5) is 0 Å². The van der Waals surface area contributed by atoms with E-state index in [4.69, 9.17) is 9.26 Å². The van der Waals surface area contributed by atoms with Gasteiger partial charge in [0, 0.05) is 12.1 Å². The van der Waals surface area contributed by atoms with Crippen molar-refractivity contribution in [3.05, 3.63) is 66.1 Å². The summed E-state index contributed by atoms with van der Waals surface area (Å²) in [5.74, 6) is 1.49. The molecule has 6 heteroatoms. The van der Waals surface area contributed by atoms with Gasteiger partial charge in [-0.3, -0.25) is 4.79 Å². The van der Waals surface area contributed by atoms with Crippen LogP contribution in [-0.2, 0) is 11.3 Å². The Kier molecular flexibility index (Phi) is 5.63. The van der Waals surface area contributed by atoms with Gasteiger partial charge >= 0.3 is 0 Å². The molecule has 0 aliphatic carbocycles. The lowest BCUT2D eigenvalue weighted by Gasteiger charge is -2.19. The molecular formula is C20H21N3O3. The molecule has 0 radical (unpaired) electrons. The maximum Gasteiger partial charge on any atom is 0.260 e. The second-order valence-corrected chi connectivity index (χ2v) is 5.84. The minimum atomic E-state index is -0.129. The lowest BCUT2D eigenvalue weighted by molar-refractivity contribution is -0.134. The standard InChI is InChI=1S/C20H21N3O3/c1-3-23(19(24)14-25-17-12-8-7-9-15(17)2)13-18-21-20(22-26-18)16-10-5-4-6-11-16/h4-12H,3,13-14H2,1-2H3. The van der Waals surface area contributed by atoms with E-state index in [1.165, 1.54) is 0 Å². The van der Waals surface area contributed by atoms with Gasteiger partial charge in [-0.15, -0.1) is 0 Å². The quantitative estimate of drug-likeness (QED) is 0.652. The lowest BCUT2D eigenvalue weighted by Crippen LogP contribution is -2.34. The molecule has 0 bridgehead atoms. The molecule has 134 valence electrons. The highest BCUT2D eigenvalue weighted by molar-refractivity contribution is 5.77. The van der Waals surface area contributed by atoms with E-state index >= 15 is 0 Å². The Morgan fingerprint density at radius 1 is 1.12 bits per heavy atom. The van der Waals surface area contributed by atoms with Gasteiger partial charge < -0.3 is 14.2 Å². The molecule has 2 aromatic carbocycles. The summed E-state index contributed by atoms with van der Waals surface area (Å²) in [6, 6.07) is 17.2. The van der Waals surface area contributed by atoms with Gasteiger partial charge in [-0.05, 0) is 25.5 Å². The minimum Gasteiger partial charge on any atom is -0.484 e. The van der Waals surface area contributed by atoms with Gasteiger partial charge in [-0.25, -0.2) is 0 Å². The fourth-order valence-electron chi connectivity index (χ4n) is 2.51. The largest absolute Gasteiger partial charge is 0.484 e. The average molecular weight is 351 g/mol. The van der Waals surface area contributed by atoms with Gasteiger partial charge in [0.15, 0.2) is 6.61 Å². The summed E-state index contributed by atoms with van der Waals surface area (Å²) in [6.45, 7) is 4.60. The van der Waals surface area contributed by atoms with Crippen LogP contribution in [0.2, 0.25) is 0 Å². The van der Waals surface area contributed by atoms with Gasteiger partial charge in [0.25, 0.3) is 5.91 Å². The zero-order chi connectivity index (χ0) is 18.4. The first-order chi connectivity index (χ1) is 12.7. The number of carbonyl (C=O) groups is 1. The molecule has 26 heavy (non-hydrogen) atoms. The zero-order valence-electron chi connectivity index (χ0n) is 14.9. The van der Waals surface area contributed by atoms with Gasteiger partial charge in [-0.2, -0.15) is 4.98 Å². The Morgan fingerprint density at radius 2 is 1.85 bits per heavy atom. The molecule has 0 saturated carbocycles. The van der Waals surface area contributed by atoms with Crippen molar-refractivity contribution >= 4 is 5.91 Å². The van der Waals surface area contributed by atoms with Crippen LogP contribution in [0.3, 0.4) is 0 Å². The topological polar surface area (TPSA) is 68.5 Å². The summed E-state index contributed by atoms with van der Waals surface area (Å²) in [5.41, 5.74) is 1.87. The highest BCUT2D eigenvalue weighted by Gasteiger charge is 2.17. The summed E-state index contributed by atoms with van der Waals surface area (Å²) in [6.07, 6.45) is 0. The number of benzene rings is 2. The number of carbonyl (C=O) groups excluding carboxylic acids is 1. The summed E-state index contributed by atoms with van der Waals surface area (Å²) < 4.78 is 10.9. The summed E-state index contributed by atoms with van der Waals surface area (Å²) in [4.78, 5) is 18.4. The number of nitrogens with zero attached hydrogens (tertiary/aromatic N) is 3. The summed E-state index contributed by atoms with van der Waals surface area (Å²) >= 11 is 0. The van der Waals surface area contributed by atoms with Gasteiger partial charge in [0.1, 0.15) is 12.3 Å². The van der Waals surface area contributed by atoms with Crippen molar-refractivity contribution in [2.45, 2.75) is 20.4 Å². The average Bonchev–Trinajstić information content (AvgIpc) is 3.14. The van der Waals surface area contributed by atoms with Crippen LogP contribution in [0.1, 0.15) is 18.4 Å². The second-order valence-electron chi connectivity index (χ2n) is 5.84. The van der Waals surface area contributed by atoms with Crippen LogP contribution < -0.4 is 4.74 Å². The molecule has 0 saturated heterocycles. The maximum absolute atomic E-state index is 12.5. The number of hydrogen-bond acceptors (Lipinski definition) is 5. The number of rotatable bonds is 7. The molecule has 0 fully saturated rings. The molecule has 3 aromatic rings. The van der Waals surface area contributed by atoms with Crippen molar-refractivity contribution in [2.24, 2.45) is 0 Å². The molecule has 3 rings (SSSR count). The van der Waals surface area contributed by atoms with E-state index in [0.717, 1.165) is 11.1 Å². The molecule has 1 heterocycles. The number of amides is 1.